The van der Waals surface area contributed by atoms with Gasteiger partial charge in [-0.2, -0.15) is 0 Å². The van der Waals surface area contributed by atoms with Crippen LogP contribution in [0.2, 0.25) is 0 Å². The van der Waals surface area contributed by atoms with Crippen LogP contribution in [0.25, 0.3) is 22.1 Å². The SMILES string of the molecule is CCOC(=O)C(=O)c1c(C)nc2ccccc2nc(C)c(C(=O)C(=O)OCC)c(C)nc2ccccc2nc1C. The number of fused-ring (bicyclic) bond motifs is 2. The predicted octanol–water partition coefficient (Wildman–Crippen LogP) is 4.55. The van der Waals surface area contributed by atoms with Gasteiger partial charge in [-0.3, -0.25) is 29.5 Å². The number of ketones is 2. The van der Waals surface area contributed by atoms with Crippen molar-refractivity contribution in [3.05, 3.63) is 82.4 Å². The Kier molecular flexibility index (Phi) is 9.86. The van der Waals surface area contributed by atoms with Crippen LogP contribution >= 0.6 is 0 Å². The number of benzene rings is 2. The number of aryl methyl sites for hydroxylation is 4. The average molecular weight is 543 g/mol. The third kappa shape index (κ3) is 6.76. The van der Waals surface area contributed by atoms with Crippen LogP contribution in [-0.2, 0) is 19.1 Å². The van der Waals surface area contributed by atoms with Crippen molar-refractivity contribution in [2.24, 2.45) is 0 Å². The minimum Gasteiger partial charge on any atom is -0.460 e. The summed E-state index contributed by atoms with van der Waals surface area (Å²) in [6.45, 7) is 9.61. The zero-order valence-electron chi connectivity index (χ0n) is 23.3. The van der Waals surface area contributed by atoms with Crippen molar-refractivity contribution in [3.8, 4) is 0 Å². The van der Waals surface area contributed by atoms with Gasteiger partial charge in [-0.1, -0.05) is 24.3 Å². The topological polar surface area (TPSA) is 138 Å². The molecule has 0 aliphatic rings. The summed E-state index contributed by atoms with van der Waals surface area (Å²) in [5, 5.41) is 0. The molecule has 0 fully saturated rings. The van der Waals surface area contributed by atoms with Crippen LogP contribution in [0, 0.1) is 27.7 Å². The van der Waals surface area contributed by atoms with Gasteiger partial charge >= 0.3 is 11.9 Å². The molecule has 0 spiro atoms. The Balaban J connectivity index is 2.63. The van der Waals surface area contributed by atoms with Crippen molar-refractivity contribution in [1.82, 2.24) is 19.9 Å². The molecule has 0 N–H and O–H groups in total. The van der Waals surface area contributed by atoms with E-state index in [-0.39, 0.29) is 47.1 Å². The number of rotatable bonds is 6. The zero-order chi connectivity index (χ0) is 29.4. The first kappa shape index (κ1) is 29.7. The Morgan fingerprint density at radius 3 is 1.00 bits per heavy atom. The van der Waals surface area contributed by atoms with Crippen LogP contribution in [0.5, 0.6) is 0 Å². The normalized spacial score (nSPS) is 10.3. The third-order valence-electron chi connectivity index (χ3n) is 5.74. The number of esters is 2. The molecular formula is C30H30N4O6. The molecule has 0 amide bonds. The third-order valence-corrected chi connectivity index (χ3v) is 5.74. The molecule has 1 heterocycles. The molecule has 2 aromatic carbocycles. The maximum absolute atomic E-state index is 13.2. The molecule has 0 saturated heterocycles. The Morgan fingerprint density at radius 1 is 0.525 bits per heavy atom. The van der Waals surface area contributed by atoms with Gasteiger partial charge in [0, 0.05) is 0 Å². The number of para-hydroxylation sites is 4. The van der Waals surface area contributed by atoms with Crippen molar-refractivity contribution in [2.45, 2.75) is 41.5 Å². The van der Waals surface area contributed by atoms with E-state index in [9.17, 15) is 19.2 Å². The molecule has 3 rings (SSSR count). The van der Waals surface area contributed by atoms with E-state index in [1.165, 1.54) is 0 Å². The van der Waals surface area contributed by atoms with E-state index in [0.29, 0.717) is 22.1 Å². The Hall–Kier alpha value is -4.86. The summed E-state index contributed by atoms with van der Waals surface area (Å²) in [6, 6.07) is 13.6. The van der Waals surface area contributed by atoms with Gasteiger partial charge in [-0.25, -0.2) is 9.59 Å². The van der Waals surface area contributed by atoms with Crippen LogP contribution in [0.1, 0.15) is 57.3 Å². The van der Waals surface area contributed by atoms with Gasteiger partial charge in [-0.05, 0) is 65.8 Å². The number of Topliss-reactive ketones (excluding diaryl/α,β-unsaturated/α-hetero) is 2. The molecule has 206 valence electrons. The van der Waals surface area contributed by atoms with Crippen molar-refractivity contribution in [1.29, 1.82) is 0 Å². The van der Waals surface area contributed by atoms with Gasteiger partial charge in [0.25, 0.3) is 11.6 Å². The van der Waals surface area contributed by atoms with E-state index in [0.717, 1.165) is 0 Å². The van der Waals surface area contributed by atoms with Gasteiger partial charge in [-0.15, -0.1) is 0 Å². The monoisotopic (exact) mass is 542 g/mol. The summed E-state index contributed by atoms with van der Waals surface area (Å²) in [7, 11) is 0. The first-order chi connectivity index (χ1) is 19.1. The van der Waals surface area contributed by atoms with Crippen molar-refractivity contribution in [2.75, 3.05) is 13.2 Å². The number of aromatic nitrogens is 4. The highest BCUT2D eigenvalue weighted by Gasteiger charge is 2.24. The fourth-order valence-electron chi connectivity index (χ4n) is 4.03. The van der Waals surface area contributed by atoms with E-state index in [4.69, 9.17) is 9.47 Å². The van der Waals surface area contributed by atoms with Gasteiger partial charge in [0.1, 0.15) is 0 Å². The summed E-state index contributed by atoms with van der Waals surface area (Å²) >= 11 is 0. The first-order valence-electron chi connectivity index (χ1n) is 12.7. The number of ether oxygens (including phenoxy) is 2. The Labute approximate surface area is 231 Å². The molecule has 10 heteroatoms. The highest BCUT2D eigenvalue weighted by atomic mass is 16.5. The molecule has 10 nitrogen and oxygen atoms in total. The molecule has 40 heavy (non-hydrogen) atoms. The summed E-state index contributed by atoms with van der Waals surface area (Å²) in [4.78, 5) is 69.8. The summed E-state index contributed by atoms with van der Waals surface area (Å²) in [5.41, 5.74) is 2.22. The molecule has 0 atom stereocenters. The second-order valence-electron chi connectivity index (χ2n) is 8.62. The molecule has 0 aliphatic carbocycles. The summed E-state index contributed by atoms with van der Waals surface area (Å²) in [5.74, 6) is -3.82. The predicted molar refractivity (Wildman–Crippen MR) is 149 cm³/mol. The average Bonchev–Trinajstić information content (AvgIpc) is 2.90. The number of carbonyl (C=O) groups is 4. The van der Waals surface area contributed by atoms with Crippen molar-refractivity contribution in [3.63, 3.8) is 0 Å². The standard InChI is InChI=1S/C30H30N4O6/c1-7-39-29(37)27(35)25-17(3)31-21-13-9-11-15-23(21)33-19(5)26(28(36)30(38)40-8-2)20(6)34-24-16-12-10-14-22(24)32-18(25)4/h9-16H,7-8H2,1-6H3. The second-order valence-corrected chi connectivity index (χ2v) is 8.62. The summed E-state index contributed by atoms with van der Waals surface area (Å²) < 4.78 is 9.93. The van der Waals surface area contributed by atoms with Crippen LogP contribution in [0.15, 0.2) is 48.5 Å². The maximum atomic E-state index is 13.2. The Bertz CT molecular complexity index is 1440. The van der Waals surface area contributed by atoms with E-state index >= 15 is 0 Å². The van der Waals surface area contributed by atoms with Crippen molar-refractivity contribution < 1.29 is 28.7 Å². The largest absolute Gasteiger partial charge is 0.460 e. The number of hydrogen-bond acceptors (Lipinski definition) is 10. The van der Waals surface area contributed by atoms with E-state index < -0.39 is 23.5 Å². The lowest BCUT2D eigenvalue weighted by Gasteiger charge is -2.07. The molecule has 0 saturated carbocycles. The smallest absolute Gasteiger partial charge is 0.379 e. The second kappa shape index (κ2) is 13.3. The highest BCUT2D eigenvalue weighted by Crippen LogP contribution is 2.17. The van der Waals surface area contributed by atoms with E-state index in [1.54, 1.807) is 90.1 Å². The summed E-state index contributed by atoms with van der Waals surface area (Å²) in [6.07, 6.45) is 0. The quantitative estimate of drug-likeness (QED) is 0.248. The van der Waals surface area contributed by atoms with Crippen LogP contribution < -0.4 is 0 Å². The molecular weight excluding hydrogens is 512 g/mol. The number of hydrogen-bond donors (Lipinski definition) is 0. The lowest BCUT2D eigenvalue weighted by atomic mass is 10.1. The molecule has 0 radical (unpaired) electrons. The molecule has 0 bridgehead atoms. The van der Waals surface area contributed by atoms with Gasteiger partial charge < -0.3 is 9.47 Å². The molecule has 0 aliphatic heterocycles. The fraction of sp³-hybridized carbons (Fsp3) is 0.267. The minimum absolute atomic E-state index is 0.0220. The highest BCUT2D eigenvalue weighted by molar-refractivity contribution is 6.41. The number of carbonyl (C=O) groups excluding carboxylic acids is 4. The van der Waals surface area contributed by atoms with E-state index in [1.807, 2.05) is 0 Å². The molecule has 1 aromatic heterocycles. The molecule has 0 unspecified atom stereocenters. The number of nitrogens with zero attached hydrogens (tertiary/aromatic N) is 4. The Morgan fingerprint density at radius 2 is 0.775 bits per heavy atom. The van der Waals surface area contributed by atoms with Crippen LogP contribution in [0.3, 0.4) is 0 Å². The lowest BCUT2D eigenvalue weighted by Crippen LogP contribution is -2.20. The zero-order valence-corrected chi connectivity index (χ0v) is 23.3. The fourth-order valence-corrected chi connectivity index (χ4v) is 4.03. The van der Waals surface area contributed by atoms with Gasteiger partial charge in [0.05, 0.1) is 69.2 Å². The van der Waals surface area contributed by atoms with Gasteiger partial charge in [0.15, 0.2) is 0 Å². The van der Waals surface area contributed by atoms with Crippen LogP contribution in [0.4, 0.5) is 0 Å². The molecule has 3 aromatic rings. The lowest BCUT2D eigenvalue weighted by molar-refractivity contribution is -0.138. The van der Waals surface area contributed by atoms with Gasteiger partial charge in [0.2, 0.25) is 0 Å². The minimum atomic E-state index is -1.02. The van der Waals surface area contributed by atoms with Crippen LogP contribution in [-0.4, -0.2) is 56.7 Å². The van der Waals surface area contributed by atoms with Crippen molar-refractivity contribution >= 4 is 45.6 Å². The van der Waals surface area contributed by atoms with E-state index in [2.05, 4.69) is 19.9 Å². The first-order valence-corrected chi connectivity index (χ1v) is 12.7. The maximum Gasteiger partial charge on any atom is 0.379 e.